The number of hydrogen-bond acceptors (Lipinski definition) is 3. The van der Waals surface area contributed by atoms with E-state index in [2.05, 4.69) is 5.32 Å². The molecule has 3 rings (SSSR count). The molecule has 0 aliphatic rings. The Labute approximate surface area is 122 Å². The van der Waals surface area contributed by atoms with E-state index >= 15 is 0 Å². The number of fused-ring (bicyclic) bond motifs is 1. The van der Waals surface area contributed by atoms with Crippen LogP contribution in [0.15, 0.2) is 46.9 Å². The fourth-order valence-electron chi connectivity index (χ4n) is 2.15. The molecule has 0 atom stereocenters. The fourth-order valence-corrected chi connectivity index (χ4v) is 2.15. The van der Waals surface area contributed by atoms with Crippen LogP contribution >= 0.6 is 0 Å². The zero-order chi connectivity index (χ0) is 15.0. The Hall–Kier alpha value is -2.75. The topological polar surface area (TPSA) is 62.5 Å². The van der Waals surface area contributed by atoms with Gasteiger partial charge in [-0.3, -0.25) is 4.79 Å². The highest BCUT2D eigenvalue weighted by atomic mass is 16.3. The number of amides is 1. The van der Waals surface area contributed by atoms with E-state index in [9.17, 15) is 9.90 Å². The number of carbonyl (C=O) groups is 1. The van der Waals surface area contributed by atoms with Gasteiger partial charge < -0.3 is 14.8 Å². The highest BCUT2D eigenvalue weighted by Crippen LogP contribution is 2.23. The Bertz CT molecular complexity index is 833. The van der Waals surface area contributed by atoms with Gasteiger partial charge in [0, 0.05) is 17.1 Å². The van der Waals surface area contributed by atoms with Gasteiger partial charge in [0.15, 0.2) is 5.76 Å². The summed E-state index contributed by atoms with van der Waals surface area (Å²) in [6.07, 6.45) is 0. The Morgan fingerprint density at radius 3 is 2.67 bits per heavy atom. The number of carbonyl (C=O) groups excluding carboxylic acids is 1. The summed E-state index contributed by atoms with van der Waals surface area (Å²) >= 11 is 0. The first kappa shape index (κ1) is 13.2. The molecule has 0 spiro atoms. The lowest BCUT2D eigenvalue weighted by molar-refractivity contribution is 0.0998. The van der Waals surface area contributed by atoms with Crippen molar-refractivity contribution in [1.29, 1.82) is 0 Å². The van der Waals surface area contributed by atoms with Crippen LogP contribution in [0.4, 0.5) is 5.69 Å². The van der Waals surface area contributed by atoms with Crippen molar-refractivity contribution in [3.63, 3.8) is 0 Å². The number of phenols is 1. The van der Waals surface area contributed by atoms with E-state index < -0.39 is 0 Å². The normalized spacial score (nSPS) is 10.8. The fraction of sp³-hybridized carbons (Fsp3) is 0.118. The van der Waals surface area contributed by atoms with Crippen molar-refractivity contribution in [2.45, 2.75) is 13.8 Å². The molecule has 106 valence electrons. The number of benzene rings is 2. The molecule has 0 saturated heterocycles. The van der Waals surface area contributed by atoms with Crippen molar-refractivity contribution in [2.75, 3.05) is 5.32 Å². The predicted molar refractivity (Wildman–Crippen MR) is 81.7 cm³/mol. The van der Waals surface area contributed by atoms with Gasteiger partial charge in [-0.15, -0.1) is 0 Å². The van der Waals surface area contributed by atoms with E-state index in [1.54, 1.807) is 25.1 Å². The van der Waals surface area contributed by atoms with E-state index in [0.29, 0.717) is 11.3 Å². The minimum Gasteiger partial charge on any atom is -0.508 e. The van der Waals surface area contributed by atoms with Gasteiger partial charge in [-0.25, -0.2) is 0 Å². The minimum absolute atomic E-state index is 0.146. The highest BCUT2D eigenvalue weighted by Gasteiger charge is 2.13. The van der Waals surface area contributed by atoms with Crippen LogP contribution < -0.4 is 5.32 Å². The van der Waals surface area contributed by atoms with Crippen molar-refractivity contribution >= 4 is 22.6 Å². The minimum atomic E-state index is -0.341. The van der Waals surface area contributed by atoms with E-state index in [1.165, 1.54) is 6.07 Å². The molecule has 0 unspecified atom stereocenters. The standard InChI is InChI=1S/C17H15NO3/c1-10-3-6-15-12(7-10)8-16(21-15)17(20)18-13-5-4-11(2)14(19)9-13/h3-9,19H,1-2H3,(H,18,20). The summed E-state index contributed by atoms with van der Waals surface area (Å²) in [5.41, 5.74) is 3.07. The summed E-state index contributed by atoms with van der Waals surface area (Å²) < 4.78 is 5.54. The van der Waals surface area contributed by atoms with Crippen LogP contribution in [-0.4, -0.2) is 11.0 Å². The summed E-state index contributed by atoms with van der Waals surface area (Å²) in [4.78, 5) is 12.2. The number of aromatic hydroxyl groups is 1. The third-order valence-corrected chi connectivity index (χ3v) is 3.36. The number of aryl methyl sites for hydroxylation is 2. The monoisotopic (exact) mass is 281 g/mol. The maximum absolute atomic E-state index is 12.2. The van der Waals surface area contributed by atoms with Gasteiger partial charge in [-0.1, -0.05) is 17.7 Å². The summed E-state index contributed by atoms with van der Waals surface area (Å²) in [6.45, 7) is 3.78. The van der Waals surface area contributed by atoms with Gasteiger partial charge in [-0.2, -0.15) is 0 Å². The molecular formula is C17H15NO3. The molecule has 2 N–H and O–H groups in total. The highest BCUT2D eigenvalue weighted by molar-refractivity contribution is 6.04. The smallest absolute Gasteiger partial charge is 0.291 e. The molecule has 0 fully saturated rings. The largest absolute Gasteiger partial charge is 0.508 e. The number of furan rings is 1. The molecule has 0 radical (unpaired) electrons. The van der Waals surface area contributed by atoms with E-state index in [4.69, 9.17) is 4.42 Å². The second-order valence-electron chi connectivity index (χ2n) is 5.11. The molecular weight excluding hydrogens is 266 g/mol. The predicted octanol–water partition coefficient (Wildman–Crippen LogP) is 4.01. The van der Waals surface area contributed by atoms with Crippen LogP contribution in [0.25, 0.3) is 11.0 Å². The number of rotatable bonds is 2. The SMILES string of the molecule is Cc1ccc2oc(C(=O)Nc3ccc(C)c(O)c3)cc2c1. The number of nitrogens with one attached hydrogen (secondary N) is 1. The zero-order valence-electron chi connectivity index (χ0n) is 11.8. The molecule has 1 heterocycles. The first-order valence-corrected chi connectivity index (χ1v) is 6.64. The quantitative estimate of drug-likeness (QED) is 0.746. The van der Waals surface area contributed by atoms with Crippen LogP contribution in [0.2, 0.25) is 0 Å². The molecule has 21 heavy (non-hydrogen) atoms. The van der Waals surface area contributed by atoms with Gasteiger partial charge in [-0.05, 0) is 43.7 Å². The van der Waals surface area contributed by atoms with Crippen molar-refractivity contribution in [3.05, 3.63) is 59.4 Å². The second kappa shape index (κ2) is 4.98. The lowest BCUT2D eigenvalue weighted by Gasteiger charge is -2.05. The summed E-state index contributed by atoms with van der Waals surface area (Å²) in [7, 11) is 0. The molecule has 4 nitrogen and oxygen atoms in total. The maximum atomic E-state index is 12.2. The molecule has 3 aromatic rings. The molecule has 0 saturated carbocycles. The molecule has 1 aromatic heterocycles. The molecule has 0 aliphatic carbocycles. The first-order chi connectivity index (χ1) is 10.0. The third kappa shape index (κ3) is 2.60. The average molecular weight is 281 g/mol. The number of phenolic OH excluding ortho intramolecular Hbond substituents is 1. The van der Waals surface area contributed by atoms with Gasteiger partial charge in [0.25, 0.3) is 5.91 Å². The molecule has 2 aromatic carbocycles. The Balaban J connectivity index is 1.87. The summed E-state index contributed by atoms with van der Waals surface area (Å²) in [6, 6.07) is 12.5. The molecule has 1 amide bonds. The Kier molecular flexibility index (Phi) is 3.14. The Morgan fingerprint density at radius 2 is 1.90 bits per heavy atom. The van der Waals surface area contributed by atoms with Crippen LogP contribution in [0.5, 0.6) is 5.75 Å². The van der Waals surface area contributed by atoms with Gasteiger partial charge in [0.2, 0.25) is 0 Å². The van der Waals surface area contributed by atoms with Crippen LogP contribution in [0.3, 0.4) is 0 Å². The van der Waals surface area contributed by atoms with Crippen molar-refractivity contribution in [2.24, 2.45) is 0 Å². The second-order valence-corrected chi connectivity index (χ2v) is 5.11. The van der Waals surface area contributed by atoms with Crippen molar-refractivity contribution < 1.29 is 14.3 Å². The molecule has 0 aliphatic heterocycles. The molecule has 4 heteroatoms. The lowest BCUT2D eigenvalue weighted by Crippen LogP contribution is -2.10. The van der Waals surface area contributed by atoms with Crippen molar-refractivity contribution in [3.8, 4) is 5.75 Å². The van der Waals surface area contributed by atoms with E-state index in [-0.39, 0.29) is 17.4 Å². The van der Waals surface area contributed by atoms with E-state index in [0.717, 1.165) is 16.5 Å². The van der Waals surface area contributed by atoms with E-state index in [1.807, 2.05) is 25.1 Å². The van der Waals surface area contributed by atoms with Crippen LogP contribution in [0.1, 0.15) is 21.7 Å². The van der Waals surface area contributed by atoms with Gasteiger partial charge in [0.05, 0.1) is 0 Å². The zero-order valence-corrected chi connectivity index (χ0v) is 11.8. The molecule has 0 bridgehead atoms. The van der Waals surface area contributed by atoms with Crippen molar-refractivity contribution in [1.82, 2.24) is 0 Å². The Morgan fingerprint density at radius 1 is 1.10 bits per heavy atom. The third-order valence-electron chi connectivity index (χ3n) is 3.36. The van der Waals surface area contributed by atoms with Crippen LogP contribution in [0, 0.1) is 13.8 Å². The number of anilines is 1. The lowest BCUT2D eigenvalue weighted by atomic mass is 10.2. The maximum Gasteiger partial charge on any atom is 0.291 e. The van der Waals surface area contributed by atoms with Gasteiger partial charge >= 0.3 is 0 Å². The summed E-state index contributed by atoms with van der Waals surface area (Å²) in [5, 5.41) is 13.3. The van der Waals surface area contributed by atoms with Gasteiger partial charge in [0.1, 0.15) is 11.3 Å². The summed E-state index contributed by atoms with van der Waals surface area (Å²) in [5.74, 6) is 0.0517. The van der Waals surface area contributed by atoms with Crippen LogP contribution in [-0.2, 0) is 0 Å². The number of hydrogen-bond donors (Lipinski definition) is 2. The first-order valence-electron chi connectivity index (χ1n) is 6.64. The average Bonchev–Trinajstić information content (AvgIpc) is 2.86.